The summed E-state index contributed by atoms with van der Waals surface area (Å²) < 4.78 is 6.76. The van der Waals surface area contributed by atoms with Crippen molar-refractivity contribution in [3.63, 3.8) is 0 Å². The molecule has 36 heavy (non-hydrogen) atoms. The van der Waals surface area contributed by atoms with E-state index in [9.17, 15) is 14.4 Å². The molecule has 3 aromatic rings. The van der Waals surface area contributed by atoms with E-state index in [4.69, 9.17) is 4.74 Å². The molecular formula is C27H32N4O4S. The van der Waals surface area contributed by atoms with Crippen molar-refractivity contribution in [2.75, 3.05) is 23.9 Å². The van der Waals surface area contributed by atoms with Crippen LogP contribution in [0.3, 0.4) is 0 Å². The van der Waals surface area contributed by atoms with Crippen LogP contribution >= 0.6 is 11.3 Å². The topological polar surface area (TPSA) is 93.5 Å². The van der Waals surface area contributed by atoms with Gasteiger partial charge >= 0.3 is 5.97 Å². The predicted octanol–water partition coefficient (Wildman–Crippen LogP) is 5.37. The fraction of sp³-hybridized carbons (Fsp3) is 0.407. The van der Waals surface area contributed by atoms with Gasteiger partial charge in [-0.25, -0.2) is 9.78 Å². The van der Waals surface area contributed by atoms with Crippen LogP contribution in [0.25, 0.3) is 10.4 Å². The maximum atomic E-state index is 13.4. The number of anilines is 2. The second kappa shape index (κ2) is 11.1. The largest absolute Gasteiger partial charge is 0.465 e. The molecule has 0 bridgehead atoms. The number of methoxy groups -OCH3 is 1. The van der Waals surface area contributed by atoms with Gasteiger partial charge in [-0.05, 0) is 62.3 Å². The van der Waals surface area contributed by atoms with Gasteiger partial charge in [-0.3, -0.25) is 9.59 Å². The molecule has 0 spiro atoms. The van der Waals surface area contributed by atoms with E-state index >= 15 is 0 Å². The highest BCUT2D eigenvalue weighted by atomic mass is 32.1. The van der Waals surface area contributed by atoms with E-state index in [0.717, 1.165) is 36.1 Å². The van der Waals surface area contributed by atoms with Crippen molar-refractivity contribution in [1.29, 1.82) is 0 Å². The van der Waals surface area contributed by atoms with Gasteiger partial charge in [0, 0.05) is 36.3 Å². The summed E-state index contributed by atoms with van der Waals surface area (Å²) in [5, 5.41) is 2.84. The zero-order valence-electron chi connectivity index (χ0n) is 21.1. The Balaban J connectivity index is 1.57. The molecule has 0 aliphatic heterocycles. The number of aryl methyl sites for hydroxylation is 1. The van der Waals surface area contributed by atoms with E-state index < -0.39 is 5.97 Å². The maximum Gasteiger partial charge on any atom is 0.350 e. The number of nitrogens with one attached hydrogen (secondary N) is 1. The molecule has 2 amide bonds. The van der Waals surface area contributed by atoms with Gasteiger partial charge in [0.15, 0.2) is 0 Å². The third-order valence-corrected chi connectivity index (χ3v) is 7.84. The van der Waals surface area contributed by atoms with E-state index in [1.54, 1.807) is 41.2 Å². The van der Waals surface area contributed by atoms with Gasteiger partial charge in [-0.2, -0.15) is 0 Å². The first-order chi connectivity index (χ1) is 17.3. The molecule has 1 aliphatic carbocycles. The minimum absolute atomic E-state index is 0.0167. The summed E-state index contributed by atoms with van der Waals surface area (Å²) in [6.45, 7) is 4.64. The second-order valence-electron chi connectivity index (χ2n) is 9.31. The Labute approximate surface area is 215 Å². The van der Waals surface area contributed by atoms with Gasteiger partial charge in [0.25, 0.3) is 5.91 Å². The Morgan fingerprint density at radius 1 is 1.17 bits per heavy atom. The molecule has 1 fully saturated rings. The summed E-state index contributed by atoms with van der Waals surface area (Å²) in [5.74, 6) is -0.0318. The Hall–Kier alpha value is -3.46. The van der Waals surface area contributed by atoms with Crippen LogP contribution in [-0.4, -0.2) is 41.0 Å². The van der Waals surface area contributed by atoms with Gasteiger partial charge in [-0.1, -0.05) is 19.1 Å². The highest BCUT2D eigenvalue weighted by Gasteiger charge is 2.31. The number of rotatable bonds is 7. The number of carbonyl (C=O) groups is 3. The number of esters is 1. The van der Waals surface area contributed by atoms with E-state index in [2.05, 4.69) is 17.2 Å². The SMILES string of the molecule is CCN(c1cc(-c2ccc(NC(=O)c3cn(C)cn3)cc2)sc1C(=O)OC)C(=O)[C@H]1CC[C@H](C)CC1. The number of hydrogen-bond donors (Lipinski definition) is 1. The average molecular weight is 509 g/mol. The number of carbonyl (C=O) groups excluding carboxylic acids is 3. The molecule has 0 atom stereocenters. The van der Waals surface area contributed by atoms with Crippen LogP contribution in [0.15, 0.2) is 42.9 Å². The molecule has 2 heterocycles. The number of aromatic nitrogens is 2. The van der Waals surface area contributed by atoms with Crippen molar-refractivity contribution in [1.82, 2.24) is 9.55 Å². The predicted molar refractivity (Wildman–Crippen MR) is 141 cm³/mol. The molecule has 4 rings (SSSR count). The van der Waals surface area contributed by atoms with Crippen LogP contribution in [0, 0.1) is 11.8 Å². The molecule has 0 radical (unpaired) electrons. The van der Waals surface area contributed by atoms with Crippen molar-refractivity contribution in [3.8, 4) is 10.4 Å². The standard InChI is InChI=1S/C27H32N4O4S/c1-5-31(26(33)19-8-6-17(2)7-9-19)22-14-23(36-24(22)27(34)35-4)18-10-12-20(13-11-18)29-25(32)21-15-30(3)16-28-21/h10-17,19H,5-9H2,1-4H3,(H,29,32)/t17-,19-. The van der Waals surface area contributed by atoms with Crippen LogP contribution < -0.4 is 10.2 Å². The van der Waals surface area contributed by atoms with Gasteiger partial charge in [0.2, 0.25) is 5.91 Å². The molecule has 1 aromatic carbocycles. The second-order valence-corrected chi connectivity index (χ2v) is 10.4. The summed E-state index contributed by atoms with van der Waals surface area (Å²) in [6, 6.07) is 9.26. The first kappa shape index (κ1) is 25.6. The summed E-state index contributed by atoms with van der Waals surface area (Å²) in [7, 11) is 3.16. The molecule has 8 nitrogen and oxygen atoms in total. The van der Waals surface area contributed by atoms with Gasteiger partial charge < -0.3 is 19.5 Å². The molecule has 0 saturated heterocycles. The van der Waals surface area contributed by atoms with Crippen molar-refractivity contribution in [3.05, 3.63) is 53.4 Å². The van der Waals surface area contributed by atoms with Crippen LogP contribution in [-0.2, 0) is 16.6 Å². The fourth-order valence-electron chi connectivity index (χ4n) is 4.58. The summed E-state index contributed by atoms with van der Waals surface area (Å²) >= 11 is 1.30. The minimum Gasteiger partial charge on any atom is -0.465 e. The zero-order chi connectivity index (χ0) is 25.8. The van der Waals surface area contributed by atoms with Crippen LogP contribution in [0.2, 0.25) is 0 Å². The lowest BCUT2D eigenvalue weighted by atomic mass is 9.82. The monoisotopic (exact) mass is 508 g/mol. The Kier molecular flexibility index (Phi) is 7.88. The summed E-state index contributed by atoms with van der Waals surface area (Å²) in [4.78, 5) is 45.5. The Bertz CT molecular complexity index is 1240. The van der Waals surface area contributed by atoms with E-state index in [0.29, 0.717) is 34.4 Å². The molecular weight excluding hydrogens is 476 g/mol. The number of ether oxygens (including phenoxy) is 1. The normalized spacial score (nSPS) is 17.4. The molecule has 9 heteroatoms. The van der Waals surface area contributed by atoms with Gasteiger partial charge in [0.1, 0.15) is 10.6 Å². The smallest absolute Gasteiger partial charge is 0.350 e. The highest BCUT2D eigenvalue weighted by Crippen LogP contribution is 2.39. The Morgan fingerprint density at radius 2 is 1.86 bits per heavy atom. The van der Waals surface area contributed by atoms with Crippen LogP contribution in [0.1, 0.15) is 59.7 Å². The Morgan fingerprint density at radius 3 is 2.44 bits per heavy atom. The van der Waals surface area contributed by atoms with E-state index in [1.807, 2.05) is 25.1 Å². The number of imidazole rings is 1. The quantitative estimate of drug-likeness (QED) is 0.433. The minimum atomic E-state index is -0.455. The van der Waals surface area contributed by atoms with Crippen LogP contribution in [0.4, 0.5) is 11.4 Å². The van der Waals surface area contributed by atoms with E-state index in [1.165, 1.54) is 18.4 Å². The first-order valence-electron chi connectivity index (χ1n) is 12.2. The average Bonchev–Trinajstić information content (AvgIpc) is 3.52. The zero-order valence-corrected chi connectivity index (χ0v) is 21.9. The lowest BCUT2D eigenvalue weighted by molar-refractivity contribution is -0.123. The van der Waals surface area contributed by atoms with Crippen LogP contribution in [0.5, 0.6) is 0 Å². The fourth-order valence-corrected chi connectivity index (χ4v) is 5.66. The number of thiophene rings is 1. The molecule has 2 aromatic heterocycles. The number of benzene rings is 1. The highest BCUT2D eigenvalue weighted by molar-refractivity contribution is 7.18. The summed E-state index contributed by atoms with van der Waals surface area (Å²) in [5.41, 5.74) is 2.45. The third-order valence-electron chi connectivity index (χ3n) is 6.69. The third kappa shape index (κ3) is 5.51. The lowest BCUT2D eigenvalue weighted by Crippen LogP contribution is -2.38. The molecule has 1 N–H and O–H groups in total. The number of nitrogens with zero attached hydrogens (tertiary/aromatic N) is 3. The lowest BCUT2D eigenvalue weighted by Gasteiger charge is -2.30. The first-order valence-corrected chi connectivity index (χ1v) is 13.1. The molecule has 190 valence electrons. The molecule has 0 unspecified atom stereocenters. The molecule has 1 aliphatic rings. The van der Waals surface area contributed by atoms with E-state index in [-0.39, 0.29) is 17.7 Å². The van der Waals surface area contributed by atoms with Crippen molar-refractivity contribution >= 4 is 40.5 Å². The van der Waals surface area contributed by atoms with Gasteiger partial charge in [-0.15, -0.1) is 11.3 Å². The van der Waals surface area contributed by atoms with Crippen molar-refractivity contribution in [2.24, 2.45) is 18.9 Å². The van der Waals surface area contributed by atoms with Crippen molar-refractivity contribution < 1.29 is 19.1 Å². The van der Waals surface area contributed by atoms with Crippen molar-refractivity contribution in [2.45, 2.75) is 39.5 Å². The number of hydrogen-bond acceptors (Lipinski definition) is 6. The molecule has 1 saturated carbocycles. The summed E-state index contributed by atoms with van der Waals surface area (Å²) in [6.07, 6.45) is 7.09. The number of amides is 2. The van der Waals surface area contributed by atoms with Gasteiger partial charge in [0.05, 0.1) is 19.1 Å². The maximum absolute atomic E-state index is 13.4.